The van der Waals surface area contributed by atoms with E-state index in [0.29, 0.717) is 15.6 Å². The number of hydrogen-bond donors (Lipinski definition) is 1. The highest BCUT2D eigenvalue weighted by Gasteiger charge is 2.32. The normalized spacial score (nSPS) is 16.3. The molecule has 1 amide bonds. The van der Waals surface area contributed by atoms with Gasteiger partial charge < -0.3 is 5.32 Å². The highest BCUT2D eigenvalue weighted by atomic mass is 35.5. The summed E-state index contributed by atoms with van der Waals surface area (Å²) in [5.74, 6) is -0.187. The third kappa shape index (κ3) is 3.68. The van der Waals surface area contributed by atoms with Crippen molar-refractivity contribution in [1.29, 1.82) is 0 Å². The summed E-state index contributed by atoms with van der Waals surface area (Å²) in [4.78, 5) is 13.1. The number of rotatable bonds is 3. The van der Waals surface area contributed by atoms with Crippen molar-refractivity contribution >= 4 is 41.0 Å². The molecule has 27 heavy (non-hydrogen) atoms. The average molecular weight is 396 g/mol. The number of hydrogen-bond acceptors (Lipinski definition) is 3. The Labute approximate surface area is 167 Å². The molecule has 0 unspecified atom stereocenters. The molecule has 4 nitrogen and oxygen atoms in total. The molecule has 0 saturated carbocycles. The Morgan fingerprint density at radius 3 is 2.44 bits per heavy atom. The summed E-state index contributed by atoms with van der Waals surface area (Å²) in [5.41, 5.74) is 2.98. The van der Waals surface area contributed by atoms with Crippen molar-refractivity contribution in [2.45, 2.75) is 6.17 Å². The lowest BCUT2D eigenvalue weighted by Gasteiger charge is -2.34. The van der Waals surface area contributed by atoms with Crippen LogP contribution < -0.4 is 5.32 Å². The van der Waals surface area contributed by atoms with Crippen molar-refractivity contribution in [1.82, 2.24) is 5.01 Å². The predicted molar refractivity (Wildman–Crippen MR) is 109 cm³/mol. The van der Waals surface area contributed by atoms with Crippen molar-refractivity contribution in [3.05, 3.63) is 99.5 Å². The smallest absolute Gasteiger partial charge is 0.278 e. The number of carbonyl (C=O) groups is 1. The molecule has 3 aromatic carbocycles. The van der Waals surface area contributed by atoms with Gasteiger partial charge >= 0.3 is 0 Å². The fraction of sp³-hybridized carbons (Fsp3) is 0.0476. The van der Waals surface area contributed by atoms with Crippen LogP contribution >= 0.6 is 23.2 Å². The summed E-state index contributed by atoms with van der Waals surface area (Å²) in [7, 11) is 0. The first kappa shape index (κ1) is 17.6. The van der Waals surface area contributed by atoms with Gasteiger partial charge in [-0.1, -0.05) is 59.6 Å². The molecule has 0 bridgehead atoms. The molecule has 134 valence electrons. The number of hydrazone groups is 1. The summed E-state index contributed by atoms with van der Waals surface area (Å²) >= 11 is 12.2. The average Bonchev–Trinajstić information content (AvgIpc) is 2.67. The Morgan fingerprint density at radius 2 is 1.67 bits per heavy atom. The second-order valence-electron chi connectivity index (χ2n) is 6.10. The van der Waals surface area contributed by atoms with Gasteiger partial charge in [0.25, 0.3) is 5.91 Å². The summed E-state index contributed by atoms with van der Waals surface area (Å²) in [6.45, 7) is 0. The molecule has 3 aromatic rings. The van der Waals surface area contributed by atoms with E-state index in [1.54, 1.807) is 30.5 Å². The first-order valence-corrected chi connectivity index (χ1v) is 9.11. The lowest BCUT2D eigenvalue weighted by Crippen LogP contribution is -2.39. The summed E-state index contributed by atoms with van der Waals surface area (Å²) in [6, 6.07) is 22.0. The first-order valence-electron chi connectivity index (χ1n) is 8.36. The molecule has 6 heteroatoms. The molecule has 0 aromatic heterocycles. The van der Waals surface area contributed by atoms with E-state index >= 15 is 0 Å². The van der Waals surface area contributed by atoms with Gasteiger partial charge in [0, 0.05) is 15.7 Å². The second-order valence-corrected chi connectivity index (χ2v) is 6.97. The number of benzene rings is 3. The van der Waals surface area contributed by atoms with Gasteiger partial charge in [0.05, 0.1) is 11.8 Å². The maximum absolute atomic E-state index is 13.1. The number of para-hydroxylation sites is 1. The monoisotopic (exact) mass is 395 g/mol. The third-order valence-corrected chi connectivity index (χ3v) is 4.72. The zero-order valence-electron chi connectivity index (χ0n) is 14.1. The maximum atomic E-state index is 13.1. The van der Waals surface area contributed by atoms with E-state index < -0.39 is 6.17 Å². The van der Waals surface area contributed by atoms with Gasteiger partial charge in [-0.3, -0.25) is 4.79 Å². The standard InChI is InChI=1S/C21H15Cl2N3O/c22-16-7-3-5-14(11-16)13-24-26-20(15-6-4-8-17(23)12-15)25-19-10-2-1-9-18(19)21(26)27/h1-13,20,25H/b24-13-/t20-/m0/s1. The molecule has 0 spiro atoms. The number of carbonyl (C=O) groups excluding carboxylic acids is 1. The molecule has 4 rings (SSSR count). The Bertz CT molecular complexity index is 1040. The van der Waals surface area contributed by atoms with Crippen LogP contribution in [0.15, 0.2) is 77.9 Å². The minimum Gasteiger partial charge on any atom is -0.359 e. The van der Waals surface area contributed by atoms with Gasteiger partial charge in [0.1, 0.15) is 0 Å². The van der Waals surface area contributed by atoms with E-state index in [1.165, 1.54) is 5.01 Å². The largest absolute Gasteiger partial charge is 0.359 e. The molecule has 1 N–H and O–H groups in total. The molecule has 1 aliphatic rings. The Kier molecular flexibility index (Phi) is 4.84. The Morgan fingerprint density at radius 1 is 0.926 bits per heavy atom. The zero-order chi connectivity index (χ0) is 18.8. The lowest BCUT2D eigenvalue weighted by molar-refractivity contribution is 0.0691. The van der Waals surface area contributed by atoms with Gasteiger partial charge in [-0.05, 0) is 47.5 Å². The summed E-state index contributed by atoms with van der Waals surface area (Å²) < 4.78 is 0. The summed E-state index contributed by atoms with van der Waals surface area (Å²) in [6.07, 6.45) is 1.15. The van der Waals surface area contributed by atoms with Gasteiger partial charge in [-0.25, -0.2) is 5.01 Å². The van der Waals surface area contributed by atoms with Crippen LogP contribution in [0.2, 0.25) is 10.0 Å². The Balaban J connectivity index is 1.76. The first-order chi connectivity index (χ1) is 13.1. The van der Waals surface area contributed by atoms with E-state index in [9.17, 15) is 4.79 Å². The van der Waals surface area contributed by atoms with Gasteiger partial charge in [-0.15, -0.1) is 0 Å². The molecule has 1 aliphatic heterocycles. The second kappa shape index (κ2) is 7.43. The highest BCUT2D eigenvalue weighted by molar-refractivity contribution is 6.31. The number of nitrogens with zero attached hydrogens (tertiary/aromatic N) is 2. The summed E-state index contributed by atoms with van der Waals surface area (Å²) in [5, 5.41) is 10.5. The molecule has 1 heterocycles. The van der Waals surface area contributed by atoms with Crippen LogP contribution in [0.1, 0.15) is 27.7 Å². The van der Waals surface area contributed by atoms with Crippen LogP contribution in [0.4, 0.5) is 5.69 Å². The SMILES string of the molecule is O=C1c2ccccc2N[C@H](c2cccc(Cl)c2)N1/N=C\c1cccc(Cl)c1. The van der Waals surface area contributed by atoms with Gasteiger partial charge in [0.15, 0.2) is 6.17 Å². The molecule has 0 fully saturated rings. The van der Waals surface area contributed by atoms with Crippen molar-refractivity contribution in [3.8, 4) is 0 Å². The van der Waals surface area contributed by atoms with Crippen LogP contribution in [0, 0.1) is 0 Å². The van der Waals surface area contributed by atoms with Crippen molar-refractivity contribution in [2.24, 2.45) is 5.10 Å². The highest BCUT2D eigenvalue weighted by Crippen LogP contribution is 2.34. The lowest BCUT2D eigenvalue weighted by atomic mass is 10.1. The van der Waals surface area contributed by atoms with E-state index in [-0.39, 0.29) is 5.91 Å². The number of fused-ring (bicyclic) bond motifs is 1. The fourth-order valence-electron chi connectivity index (χ4n) is 2.98. The minimum atomic E-state index is -0.471. The van der Waals surface area contributed by atoms with Crippen molar-refractivity contribution in [2.75, 3.05) is 5.32 Å². The quantitative estimate of drug-likeness (QED) is 0.587. The number of nitrogens with one attached hydrogen (secondary N) is 1. The van der Waals surface area contributed by atoms with Gasteiger partial charge in [0.2, 0.25) is 0 Å². The van der Waals surface area contributed by atoms with E-state index in [2.05, 4.69) is 10.4 Å². The van der Waals surface area contributed by atoms with Crippen LogP contribution in [0.25, 0.3) is 0 Å². The van der Waals surface area contributed by atoms with Gasteiger partial charge in [-0.2, -0.15) is 5.10 Å². The zero-order valence-corrected chi connectivity index (χ0v) is 15.7. The van der Waals surface area contributed by atoms with Crippen LogP contribution in [0.5, 0.6) is 0 Å². The number of halogens is 2. The Hall–Kier alpha value is -2.82. The maximum Gasteiger partial charge on any atom is 0.278 e. The van der Waals surface area contributed by atoms with E-state index in [1.807, 2.05) is 48.5 Å². The predicted octanol–water partition coefficient (Wildman–Crippen LogP) is 5.59. The molecule has 0 radical (unpaired) electrons. The molecule has 1 atom stereocenters. The number of amides is 1. The van der Waals surface area contributed by atoms with Crippen LogP contribution in [-0.2, 0) is 0 Å². The molecular weight excluding hydrogens is 381 g/mol. The minimum absolute atomic E-state index is 0.187. The van der Waals surface area contributed by atoms with Crippen molar-refractivity contribution in [3.63, 3.8) is 0 Å². The van der Waals surface area contributed by atoms with Crippen molar-refractivity contribution < 1.29 is 4.79 Å². The fourth-order valence-corrected chi connectivity index (χ4v) is 3.38. The molecular formula is C21H15Cl2N3O. The van der Waals surface area contributed by atoms with E-state index in [4.69, 9.17) is 23.2 Å². The third-order valence-electron chi connectivity index (χ3n) is 4.25. The molecule has 0 saturated heterocycles. The number of anilines is 1. The van der Waals surface area contributed by atoms with Crippen LogP contribution in [-0.4, -0.2) is 17.1 Å². The van der Waals surface area contributed by atoms with E-state index in [0.717, 1.165) is 16.8 Å². The topological polar surface area (TPSA) is 44.7 Å². The van der Waals surface area contributed by atoms with Crippen LogP contribution in [0.3, 0.4) is 0 Å². The molecule has 0 aliphatic carbocycles.